The second kappa shape index (κ2) is 8.48. The highest BCUT2D eigenvalue weighted by molar-refractivity contribution is 9.09. The predicted octanol–water partition coefficient (Wildman–Crippen LogP) is 3.95. The van der Waals surface area contributed by atoms with Crippen molar-refractivity contribution in [1.82, 2.24) is 0 Å². The van der Waals surface area contributed by atoms with Crippen LogP contribution in [0.1, 0.15) is 27.2 Å². The number of alkyl halides is 1. The van der Waals surface area contributed by atoms with Crippen LogP contribution in [0.4, 0.5) is 0 Å². The third-order valence-corrected chi connectivity index (χ3v) is 4.14. The molecule has 2 aromatic carbocycles. The lowest BCUT2D eigenvalue weighted by atomic mass is 10.1. The van der Waals surface area contributed by atoms with Crippen LogP contribution < -0.4 is 4.74 Å². The molecule has 120 valence electrons. The minimum absolute atomic E-state index is 0.132. The molecule has 0 aromatic heterocycles. The highest BCUT2D eigenvalue weighted by Crippen LogP contribution is 2.26. The Morgan fingerprint density at radius 2 is 1.70 bits per heavy atom. The highest BCUT2D eigenvalue weighted by atomic mass is 79.9. The Morgan fingerprint density at radius 3 is 2.30 bits per heavy atom. The average Bonchev–Trinajstić information content (AvgIpc) is 2.60. The Hall–Kier alpha value is -2.14. The van der Waals surface area contributed by atoms with Crippen LogP contribution in [0.2, 0.25) is 0 Å². The summed E-state index contributed by atoms with van der Waals surface area (Å²) in [5, 5.41) is 0. The summed E-state index contributed by atoms with van der Waals surface area (Å²) in [6, 6.07) is 16.3. The third-order valence-electron chi connectivity index (χ3n) is 3.28. The van der Waals surface area contributed by atoms with E-state index in [-0.39, 0.29) is 23.6 Å². The Bertz CT molecular complexity index is 652. The molecule has 0 aliphatic carbocycles. The van der Waals surface area contributed by atoms with Crippen molar-refractivity contribution in [3.8, 4) is 5.75 Å². The van der Waals surface area contributed by atoms with Crippen molar-refractivity contribution in [3.63, 3.8) is 0 Å². The molecule has 2 aromatic rings. The molecule has 23 heavy (non-hydrogen) atoms. The summed E-state index contributed by atoms with van der Waals surface area (Å²) < 4.78 is 10.1. The fourth-order valence-electron chi connectivity index (χ4n) is 1.99. The molecule has 0 saturated carbocycles. The van der Waals surface area contributed by atoms with Gasteiger partial charge in [0.15, 0.2) is 12.4 Å². The van der Waals surface area contributed by atoms with E-state index >= 15 is 0 Å². The standard InChI is InChI=1S/C18H17BrO4/c1-22-15-9-7-14(8-10-15)17(20)12-23-18(21)11-16(19)13-5-3-2-4-6-13/h2-10,16H,11-12H2,1H3. The van der Waals surface area contributed by atoms with Crippen LogP contribution >= 0.6 is 15.9 Å². The quantitative estimate of drug-likeness (QED) is 0.417. The van der Waals surface area contributed by atoms with E-state index in [4.69, 9.17) is 9.47 Å². The zero-order chi connectivity index (χ0) is 16.7. The molecule has 0 bridgehead atoms. The summed E-state index contributed by atoms with van der Waals surface area (Å²) in [6.07, 6.45) is 0.167. The van der Waals surface area contributed by atoms with E-state index in [9.17, 15) is 9.59 Å². The number of hydrogen-bond donors (Lipinski definition) is 0. The lowest BCUT2D eigenvalue weighted by Crippen LogP contribution is -2.15. The molecule has 5 heteroatoms. The number of carbonyl (C=O) groups is 2. The zero-order valence-electron chi connectivity index (χ0n) is 12.7. The van der Waals surface area contributed by atoms with Crippen molar-refractivity contribution in [1.29, 1.82) is 0 Å². The molecule has 2 rings (SSSR count). The molecular weight excluding hydrogens is 360 g/mol. The lowest BCUT2D eigenvalue weighted by Gasteiger charge is -2.10. The molecule has 0 radical (unpaired) electrons. The molecule has 1 atom stereocenters. The number of ketones is 1. The number of ether oxygens (including phenoxy) is 2. The van der Waals surface area contributed by atoms with Gasteiger partial charge < -0.3 is 9.47 Å². The summed E-state index contributed by atoms with van der Waals surface area (Å²) in [6.45, 7) is -0.264. The first-order valence-electron chi connectivity index (χ1n) is 7.12. The van der Waals surface area contributed by atoms with Crippen molar-refractivity contribution < 1.29 is 19.1 Å². The van der Waals surface area contributed by atoms with E-state index in [1.54, 1.807) is 31.4 Å². The summed E-state index contributed by atoms with van der Waals surface area (Å²) in [5.74, 6) is 0.00737. The molecule has 0 fully saturated rings. The fraction of sp³-hybridized carbons (Fsp3) is 0.222. The van der Waals surface area contributed by atoms with Gasteiger partial charge in [0, 0.05) is 10.4 Å². The van der Waals surface area contributed by atoms with Gasteiger partial charge in [-0.05, 0) is 29.8 Å². The van der Waals surface area contributed by atoms with Crippen LogP contribution in [-0.4, -0.2) is 25.5 Å². The number of hydrogen-bond acceptors (Lipinski definition) is 4. The third kappa shape index (κ3) is 5.21. The zero-order valence-corrected chi connectivity index (χ0v) is 14.3. The van der Waals surface area contributed by atoms with Gasteiger partial charge in [-0.2, -0.15) is 0 Å². The normalized spacial score (nSPS) is 11.6. The van der Waals surface area contributed by atoms with E-state index < -0.39 is 5.97 Å². The summed E-state index contributed by atoms with van der Waals surface area (Å²) >= 11 is 3.45. The first-order valence-corrected chi connectivity index (χ1v) is 8.03. The van der Waals surface area contributed by atoms with Gasteiger partial charge in [-0.1, -0.05) is 46.3 Å². The number of halogens is 1. The molecule has 0 aliphatic heterocycles. The first kappa shape index (κ1) is 17.2. The van der Waals surface area contributed by atoms with Gasteiger partial charge >= 0.3 is 5.97 Å². The maximum absolute atomic E-state index is 12.0. The van der Waals surface area contributed by atoms with Crippen LogP contribution in [-0.2, 0) is 9.53 Å². The number of esters is 1. The Morgan fingerprint density at radius 1 is 1.04 bits per heavy atom. The van der Waals surface area contributed by atoms with Crippen LogP contribution in [0.25, 0.3) is 0 Å². The van der Waals surface area contributed by atoms with Crippen molar-refractivity contribution in [2.45, 2.75) is 11.2 Å². The molecule has 0 N–H and O–H groups in total. The van der Waals surface area contributed by atoms with Gasteiger partial charge in [0.1, 0.15) is 5.75 Å². The van der Waals surface area contributed by atoms with Gasteiger partial charge in [0.05, 0.1) is 13.5 Å². The molecule has 1 unspecified atom stereocenters. The lowest BCUT2D eigenvalue weighted by molar-refractivity contribution is -0.142. The van der Waals surface area contributed by atoms with Gasteiger partial charge in [-0.15, -0.1) is 0 Å². The Balaban J connectivity index is 1.82. The van der Waals surface area contributed by atoms with Crippen molar-refractivity contribution in [2.24, 2.45) is 0 Å². The molecule has 0 heterocycles. The fourth-order valence-corrected chi connectivity index (χ4v) is 2.56. The molecule has 0 amide bonds. The number of Topliss-reactive ketones (excluding diaryl/α,β-unsaturated/α-hetero) is 1. The largest absolute Gasteiger partial charge is 0.497 e. The van der Waals surface area contributed by atoms with Crippen LogP contribution in [0.15, 0.2) is 54.6 Å². The maximum atomic E-state index is 12.0. The smallest absolute Gasteiger partial charge is 0.307 e. The number of carbonyl (C=O) groups excluding carboxylic acids is 2. The van der Waals surface area contributed by atoms with Gasteiger partial charge in [-0.3, -0.25) is 9.59 Å². The SMILES string of the molecule is COc1ccc(C(=O)COC(=O)CC(Br)c2ccccc2)cc1. The topological polar surface area (TPSA) is 52.6 Å². The molecule has 0 aliphatic rings. The van der Waals surface area contributed by atoms with E-state index in [1.165, 1.54) is 0 Å². The molecule has 4 nitrogen and oxygen atoms in total. The van der Waals surface area contributed by atoms with Crippen molar-refractivity contribution in [2.75, 3.05) is 13.7 Å². The minimum Gasteiger partial charge on any atom is -0.497 e. The van der Waals surface area contributed by atoms with Crippen molar-refractivity contribution >= 4 is 27.7 Å². The van der Waals surface area contributed by atoms with Gasteiger partial charge in [-0.25, -0.2) is 0 Å². The second-order valence-corrected chi connectivity index (χ2v) is 6.00. The highest BCUT2D eigenvalue weighted by Gasteiger charge is 2.15. The van der Waals surface area contributed by atoms with Gasteiger partial charge in [0.2, 0.25) is 0 Å². The van der Waals surface area contributed by atoms with Crippen molar-refractivity contribution in [3.05, 3.63) is 65.7 Å². The average molecular weight is 377 g/mol. The number of benzene rings is 2. The van der Waals surface area contributed by atoms with Crippen LogP contribution in [0.5, 0.6) is 5.75 Å². The first-order chi connectivity index (χ1) is 11.1. The molecular formula is C18H17BrO4. The summed E-state index contributed by atoms with van der Waals surface area (Å²) in [5.41, 5.74) is 1.47. The molecule has 0 spiro atoms. The van der Waals surface area contributed by atoms with E-state index in [0.29, 0.717) is 11.3 Å². The van der Waals surface area contributed by atoms with E-state index in [2.05, 4.69) is 15.9 Å². The number of methoxy groups -OCH3 is 1. The van der Waals surface area contributed by atoms with Crippen LogP contribution in [0.3, 0.4) is 0 Å². The molecule has 0 saturated heterocycles. The Labute approximate surface area is 143 Å². The monoisotopic (exact) mass is 376 g/mol. The second-order valence-electron chi connectivity index (χ2n) is 4.89. The number of rotatable bonds is 7. The van der Waals surface area contributed by atoms with Crippen LogP contribution in [0, 0.1) is 0 Å². The van der Waals surface area contributed by atoms with E-state index in [0.717, 1.165) is 5.56 Å². The summed E-state index contributed by atoms with van der Waals surface area (Å²) in [7, 11) is 1.56. The predicted molar refractivity (Wildman–Crippen MR) is 91.0 cm³/mol. The minimum atomic E-state index is -0.419. The summed E-state index contributed by atoms with van der Waals surface area (Å²) in [4.78, 5) is 23.7. The Kier molecular flexibility index (Phi) is 6.35. The maximum Gasteiger partial charge on any atom is 0.307 e. The van der Waals surface area contributed by atoms with Gasteiger partial charge in [0.25, 0.3) is 0 Å². The van der Waals surface area contributed by atoms with E-state index in [1.807, 2.05) is 30.3 Å².